The summed E-state index contributed by atoms with van der Waals surface area (Å²) in [5, 5.41) is 6.08. The molecule has 2 aromatic rings. The molecule has 0 bridgehead atoms. The molecule has 0 radical (unpaired) electrons. The van der Waals surface area contributed by atoms with E-state index >= 15 is 0 Å². The fourth-order valence-electron chi connectivity index (χ4n) is 3.81. The first-order valence-electron chi connectivity index (χ1n) is 9.57. The Labute approximate surface area is 159 Å². The van der Waals surface area contributed by atoms with Gasteiger partial charge in [-0.25, -0.2) is 0 Å². The van der Waals surface area contributed by atoms with Gasteiger partial charge in [-0.1, -0.05) is 36.4 Å². The molecule has 1 unspecified atom stereocenters. The average Bonchev–Trinajstić information content (AvgIpc) is 3.20. The highest BCUT2D eigenvalue weighted by Gasteiger charge is 2.40. The van der Waals surface area contributed by atoms with Crippen molar-refractivity contribution < 1.29 is 14.3 Å². The van der Waals surface area contributed by atoms with Crippen molar-refractivity contribution in [3.63, 3.8) is 0 Å². The van der Waals surface area contributed by atoms with Gasteiger partial charge in [0.15, 0.2) is 0 Å². The largest absolute Gasteiger partial charge is 0.368 e. The smallest absolute Gasteiger partial charge is 0.253 e. The zero-order chi connectivity index (χ0) is 18.7. The number of anilines is 1. The van der Waals surface area contributed by atoms with Crippen molar-refractivity contribution in [3.05, 3.63) is 65.7 Å². The minimum Gasteiger partial charge on any atom is -0.368 e. The first-order chi connectivity index (χ1) is 13.2. The van der Waals surface area contributed by atoms with Crippen LogP contribution in [-0.2, 0) is 15.1 Å². The van der Waals surface area contributed by atoms with Crippen LogP contribution in [0.3, 0.4) is 0 Å². The van der Waals surface area contributed by atoms with Gasteiger partial charge in [-0.05, 0) is 55.9 Å². The number of nitrogens with one attached hydrogen (secondary N) is 2. The standard InChI is InChI=1S/C22H24N2O3/c25-20(24-22(12-6-13-22)17-8-2-1-3-9-17)16-7-4-10-18(15-16)23-21(26)19-11-5-14-27-19/h1-4,7-10,15,19H,5-6,11-14H2,(H,23,26)(H,24,25). The van der Waals surface area contributed by atoms with E-state index in [9.17, 15) is 9.59 Å². The fraction of sp³-hybridized carbons (Fsp3) is 0.364. The topological polar surface area (TPSA) is 67.4 Å². The predicted octanol–water partition coefficient (Wildman–Crippen LogP) is 3.61. The summed E-state index contributed by atoms with van der Waals surface area (Å²) in [6, 6.07) is 17.2. The molecular formula is C22H24N2O3. The second kappa shape index (κ2) is 7.53. The number of carbonyl (C=O) groups is 2. The minimum absolute atomic E-state index is 0.119. The average molecular weight is 364 g/mol. The number of rotatable bonds is 5. The van der Waals surface area contributed by atoms with E-state index in [1.807, 2.05) is 18.2 Å². The lowest BCUT2D eigenvalue weighted by molar-refractivity contribution is -0.124. The number of hydrogen-bond donors (Lipinski definition) is 2. The Kier molecular flexibility index (Phi) is 4.94. The highest BCUT2D eigenvalue weighted by molar-refractivity contribution is 5.98. The third-order valence-corrected chi connectivity index (χ3v) is 5.50. The van der Waals surface area contributed by atoms with Gasteiger partial charge in [0.2, 0.25) is 0 Å². The minimum atomic E-state index is -0.390. The van der Waals surface area contributed by atoms with E-state index in [-0.39, 0.29) is 23.5 Å². The first kappa shape index (κ1) is 17.7. The Morgan fingerprint density at radius 1 is 1.00 bits per heavy atom. The zero-order valence-electron chi connectivity index (χ0n) is 15.2. The van der Waals surface area contributed by atoms with Crippen molar-refractivity contribution in [1.82, 2.24) is 5.32 Å². The van der Waals surface area contributed by atoms with E-state index in [0.29, 0.717) is 17.9 Å². The molecule has 1 saturated carbocycles. The molecule has 1 atom stereocenters. The van der Waals surface area contributed by atoms with E-state index < -0.39 is 0 Å². The zero-order valence-corrected chi connectivity index (χ0v) is 15.2. The number of hydrogen-bond acceptors (Lipinski definition) is 3. The van der Waals surface area contributed by atoms with Crippen LogP contribution in [0.5, 0.6) is 0 Å². The van der Waals surface area contributed by atoms with E-state index in [4.69, 9.17) is 4.74 Å². The Bertz CT molecular complexity index is 824. The second-order valence-corrected chi connectivity index (χ2v) is 7.33. The van der Waals surface area contributed by atoms with Gasteiger partial charge in [0.25, 0.3) is 11.8 Å². The van der Waals surface area contributed by atoms with Crippen LogP contribution in [0.1, 0.15) is 48.0 Å². The van der Waals surface area contributed by atoms with Crippen LogP contribution in [0.15, 0.2) is 54.6 Å². The molecule has 2 aromatic carbocycles. The Hall–Kier alpha value is -2.66. The molecule has 1 saturated heterocycles. The highest BCUT2D eigenvalue weighted by atomic mass is 16.5. The molecule has 1 aliphatic heterocycles. The molecule has 0 spiro atoms. The summed E-state index contributed by atoms with van der Waals surface area (Å²) in [4.78, 5) is 25.1. The van der Waals surface area contributed by atoms with Gasteiger partial charge in [0, 0.05) is 17.9 Å². The van der Waals surface area contributed by atoms with E-state index in [0.717, 1.165) is 37.7 Å². The summed E-state index contributed by atoms with van der Waals surface area (Å²) in [5.74, 6) is -0.267. The van der Waals surface area contributed by atoms with Crippen LogP contribution in [0.2, 0.25) is 0 Å². The van der Waals surface area contributed by atoms with Crippen molar-refractivity contribution in [2.24, 2.45) is 0 Å². The predicted molar refractivity (Wildman–Crippen MR) is 103 cm³/mol. The lowest BCUT2D eigenvalue weighted by Gasteiger charge is -2.43. The third-order valence-electron chi connectivity index (χ3n) is 5.50. The van der Waals surface area contributed by atoms with Crippen molar-refractivity contribution in [2.75, 3.05) is 11.9 Å². The summed E-state index contributed by atoms with van der Waals surface area (Å²) in [6.07, 6.45) is 4.25. The van der Waals surface area contributed by atoms with Crippen LogP contribution in [0.25, 0.3) is 0 Å². The van der Waals surface area contributed by atoms with E-state index in [1.165, 1.54) is 0 Å². The fourth-order valence-corrected chi connectivity index (χ4v) is 3.81. The van der Waals surface area contributed by atoms with Crippen LogP contribution >= 0.6 is 0 Å². The summed E-state index contributed by atoms with van der Waals surface area (Å²) in [6.45, 7) is 0.627. The molecule has 1 aliphatic carbocycles. The maximum absolute atomic E-state index is 12.9. The normalized spacial score (nSPS) is 20.5. The summed E-state index contributed by atoms with van der Waals surface area (Å²) in [5.41, 5.74) is 2.02. The van der Waals surface area contributed by atoms with Crippen LogP contribution in [0.4, 0.5) is 5.69 Å². The van der Waals surface area contributed by atoms with Gasteiger partial charge in [0.05, 0.1) is 5.54 Å². The molecule has 27 heavy (non-hydrogen) atoms. The summed E-state index contributed by atoms with van der Waals surface area (Å²) >= 11 is 0. The molecule has 4 rings (SSSR count). The maximum atomic E-state index is 12.9. The summed E-state index contributed by atoms with van der Waals surface area (Å²) < 4.78 is 5.41. The number of benzene rings is 2. The van der Waals surface area contributed by atoms with Crippen LogP contribution in [0, 0.1) is 0 Å². The molecule has 5 heteroatoms. The van der Waals surface area contributed by atoms with Crippen molar-refractivity contribution in [2.45, 2.75) is 43.7 Å². The Morgan fingerprint density at radius 2 is 1.81 bits per heavy atom. The third kappa shape index (κ3) is 3.74. The summed E-state index contributed by atoms with van der Waals surface area (Å²) in [7, 11) is 0. The van der Waals surface area contributed by atoms with Crippen molar-refractivity contribution >= 4 is 17.5 Å². The molecule has 2 N–H and O–H groups in total. The van der Waals surface area contributed by atoms with Crippen molar-refractivity contribution in [1.29, 1.82) is 0 Å². The number of ether oxygens (including phenoxy) is 1. The SMILES string of the molecule is O=C(NC1(c2ccccc2)CCC1)c1cccc(NC(=O)C2CCCO2)c1. The Balaban J connectivity index is 1.46. The lowest BCUT2D eigenvalue weighted by atomic mass is 9.71. The lowest BCUT2D eigenvalue weighted by Crippen LogP contribution is -2.50. The van der Waals surface area contributed by atoms with Gasteiger partial charge in [-0.2, -0.15) is 0 Å². The molecular weight excluding hydrogens is 340 g/mol. The maximum Gasteiger partial charge on any atom is 0.253 e. The highest BCUT2D eigenvalue weighted by Crippen LogP contribution is 2.41. The monoisotopic (exact) mass is 364 g/mol. The van der Waals surface area contributed by atoms with E-state index in [2.05, 4.69) is 22.8 Å². The second-order valence-electron chi connectivity index (χ2n) is 7.33. The van der Waals surface area contributed by atoms with Gasteiger partial charge < -0.3 is 15.4 Å². The quantitative estimate of drug-likeness (QED) is 0.852. The van der Waals surface area contributed by atoms with Gasteiger partial charge >= 0.3 is 0 Å². The van der Waals surface area contributed by atoms with Gasteiger partial charge in [0.1, 0.15) is 6.10 Å². The van der Waals surface area contributed by atoms with E-state index in [1.54, 1.807) is 24.3 Å². The Morgan fingerprint density at radius 3 is 2.48 bits per heavy atom. The first-order valence-corrected chi connectivity index (χ1v) is 9.57. The molecule has 2 aliphatic rings. The number of carbonyl (C=O) groups excluding carboxylic acids is 2. The van der Waals surface area contributed by atoms with Gasteiger partial charge in [-0.3, -0.25) is 9.59 Å². The molecule has 2 fully saturated rings. The molecule has 5 nitrogen and oxygen atoms in total. The van der Waals surface area contributed by atoms with Crippen LogP contribution < -0.4 is 10.6 Å². The molecule has 2 amide bonds. The molecule has 0 aromatic heterocycles. The van der Waals surface area contributed by atoms with Gasteiger partial charge in [-0.15, -0.1) is 0 Å². The van der Waals surface area contributed by atoms with Crippen molar-refractivity contribution in [3.8, 4) is 0 Å². The molecule has 1 heterocycles. The number of amides is 2. The molecule has 140 valence electrons. The van der Waals surface area contributed by atoms with Crippen LogP contribution in [-0.4, -0.2) is 24.5 Å².